The molecule has 3 aromatic rings. The fourth-order valence-electron chi connectivity index (χ4n) is 2.91. The van der Waals surface area contributed by atoms with Gasteiger partial charge < -0.3 is 10.1 Å². The molecule has 1 heterocycles. The van der Waals surface area contributed by atoms with Crippen molar-refractivity contribution in [1.82, 2.24) is 5.32 Å². The number of fused-ring (bicyclic) bond motifs is 1. The second-order valence-corrected chi connectivity index (χ2v) is 7.62. The van der Waals surface area contributed by atoms with Crippen molar-refractivity contribution in [2.45, 2.75) is 0 Å². The summed E-state index contributed by atoms with van der Waals surface area (Å²) in [4.78, 5) is 17.5. The fraction of sp³-hybridized carbons (Fsp3) is 0.0435. The van der Waals surface area contributed by atoms with Crippen LogP contribution in [0.3, 0.4) is 0 Å². The molecule has 142 valence electrons. The van der Waals surface area contributed by atoms with Crippen LogP contribution in [0.15, 0.2) is 70.6 Å². The van der Waals surface area contributed by atoms with Crippen molar-refractivity contribution in [3.8, 4) is 18.1 Å². The van der Waals surface area contributed by atoms with Crippen LogP contribution in [-0.4, -0.2) is 17.7 Å². The standard InChI is InChI=1S/C23H15ClN2O2S/c1-2-13-28-20-12-7-15-5-3-4-6-18(15)19(20)14-21-22(27)26-23(29-21)25-17-10-8-16(24)9-11-17/h1,3-12,14H,13H2,(H,25,26,27)/b21-14+. The Hall–Kier alpha value is -3.20. The van der Waals surface area contributed by atoms with Gasteiger partial charge in [0.05, 0.1) is 10.6 Å². The second-order valence-electron chi connectivity index (χ2n) is 6.15. The molecule has 0 saturated carbocycles. The van der Waals surface area contributed by atoms with Crippen molar-refractivity contribution in [2.75, 3.05) is 6.61 Å². The number of hydrogen-bond donors (Lipinski definition) is 1. The molecule has 0 spiro atoms. The van der Waals surface area contributed by atoms with E-state index in [4.69, 9.17) is 22.8 Å². The van der Waals surface area contributed by atoms with Crippen molar-refractivity contribution < 1.29 is 9.53 Å². The third-order valence-corrected chi connectivity index (χ3v) is 5.39. The van der Waals surface area contributed by atoms with Gasteiger partial charge in [-0.15, -0.1) is 6.42 Å². The van der Waals surface area contributed by atoms with Crippen LogP contribution in [0.5, 0.6) is 5.75 Å². The van der Waals surface area contributed by atoms with Gasteiger partial charge in [0.25, 0.3) is 5.91 Å². The highest BCUT2D eigenvalue weighted by atomic mass is 35.5. The molecule has 0 bridgehead atoms. The molecular formula is C23H15ClN2O2S. The van der Waals surface area contributed by atoms with Gasteiger partial charge in [-0.05, 0) is 58.9 Å². The highest BCUT2D eigenvalue weighted by Gasteiger charge is 2.24. The Morgan fingerprint density at radius 1 is 1.14 bits per heavy atom. The topological polar surface area (TPSA) is 50.7 Å². The molecule has 4 rings (SSSR count). The number of terminal acetylenes is 1. The number of halogens is 1. The smallest absolute Gasteiger partial charge is 0.264 e. The normalized spacial score (nSPS) is 16.2. The number of nitrogens with zero attached hydrogens (tertiary/aromatic N) is 1. The van der Waals surface area contributed by atoms with Gasteiger partial charge in [0.1, 0.15) is 12.4 Å². The zero-order chi connectivity index (χ0) is 20.2. The highest BCUT2D eigenvalue weighted by molar-refractivity contribution is 8.18. The molecule has 1 saturated heterocycles. The summed E-state index contributed by atoms with van der Waals surface area (Å²) in [6.45, 7) is 0.150. The number of aliphatic imine (C=N–C) groups is 1. The molecule has 3 aromatic carbocycles. The lowest BCUT2D eigenvalue weighted by Crippen LogP contribution is -2.19. The molecule has 1 fully saturated rings. The summed E-state index contributed by atoms with van der Waals surface area (Å²) in [7, 11) is 0. The van der Waals surface area contributed by atoms with Gasteiger partial charge in [-0.2, -0.15) is 0 Å². The Morgan fingerprint density at radius 3 is 2.72 bits per heavy atom. The molecular weight excluding hydrogens is 404 g/mol. The first kappa shape index (κ1) is 19.1. The zero-order valence-corrected chi connectivity index (χ0v) is 16.8. The van der Waals surface area contributed by atoms with Gasteiger partial charge in [0, 0.05) is 10.6 Å². The number of hydrogen-bond acceptors (Lipinski definition) is 4. The number of amides is 1. The summed E-state index contributed by atoms with van der Waals surface area (Å²) in [6, 6.07) is 18.8. The molecule has 1 amide bonds. The maximum Gasteiger partial charge on any atom is 0.264 e. The predicted octanol–water partition coefficient (Wildman–Crippen LogP) is 5.40. The predicted molar refractivity (Wildman–Crippen MR) is 121 cm³/mol. The van der Waals surface area contributed by atoms with Gasteiger partial charge in [0.2, 0.25) is 0 Å². The zero-order valence-electron chi connectivity index (χ0n) is 15.2. The summed E-state index contributed by atoms with van der Waals surface area (Å²) >= 11 is 7.18. The minimum Gasteiger partial charge on any atom is -0.480 e. The minimum absolute atomic E-state index is 0.150. The van der Waals surface area contributed by atoms with E-state index in [0.717, 1.165) is 16.3 Å². The monoisotopic (exact) mass is 418 g/mol. The number of rotatable bonds is 4. The van der Waals surface area contributed by atoms with Crippen LogP contribution in [0, 0.1) is 12.3 Å². The lowest BCUT2D eigenvalue weighted by Gasteiger charge is -2.10. The average molecular weight is 419 g/mol. The van der Waals surface area contributed by atoms with Gasteiger partial charge in [-0.25, -0.2) is 4.99 Å². The minimum atomic E-state index is -0.210. The maximum absolute atomic E-state index is 12.5. The molecule has 29 heavy (non-hydrogen) atoms. The van der Waals surface area contributed by atoms with E-state index in [2.05, 4.69) is 16.2 Å². The number of nitrogens with one attached hydrogen (secondary N) is 1. The number of benzene rings is 3. The van der Waals surface area contributed by atoms with Crippen LogP contribution >= 0.6 is 23.4 Å². The van der Waals surface area contributed by atoms with Crippen LogP contribution < -0.4 is 10.1 Å². The Morgan fingerprint density at radius 2 is 1.93 bits per heavy atom. The van der Waals surface area contributed by atoms with Crippen molar-refractivity contribution in [1.29, 1.82) is 0 Å². The Labute approximate surface area is 177 Å². The first-order chi connectivity index (χ1) is 14.1. The molecule has 0 radical (unpaired) electrons. The molecule has 1 aliphatic heterocycles. The largest absolute Gasteiger partial charge is 0.480 e. The van der Waals surface area contributed by atoms with Crippen molar-refractivity contribution >= 4 is 57.0 Å². The number of amidine groups is 1. The number of thioether (sulfide) groups is 1. The van der Waals surface area contributed by atoms with Crippen molar-refractivity contribution in [2.24, 2.45) is 4.99 Å². The third-order valence-electron chi connectivity index (χ3n) is 4.23. The van der Waals surface area contributed by atoms with Gasteiger partial charge in [-0.1, -0.05) is 47.9 Å². The Kier molecular flexibility index (Phi) is 5.57. The molecule has 0 aliphatic carbocycles. The third kappa shape index (κ3) is 4.29. The van der Waals surface area contributed by atoms with Gasteiger partial charge >= 0.3 is 0 Å². The highest BCUT2D eigenvalue weighted by Crippen LogP contribution is 2.34. The second kappa shape index (κ2) is 8.44. The first-order valence-electron chi connectivity index (χ1n) is 8.77. The molecule has 0 atom stereocenters. The van der Waals surface area contributed by atoms with E-state index in [0.29, 0.717) is 26.5 Å². The lowest BCUT2D eigenvalue weighted by atomic mass is 10.0. The summed E-state index contributed by atoms with van der Waals surface area (Å²) in [6.07, 6.45) is 7.16. The Bertz CT molecular complexity index is 1190. The quantitative estimate of drug-likeness (QED) is 0.456. The van der Waals surface area contributed by atoms with E-state index in [9.17, 15) is 4.79 Å². The molecule has 6 heteroatoms. The first-order valence-corrected chi connectivity index (χ1v) is 9.96. The molecule has 0 unspecified atom stereocenters. The summed E-state index contributed by atoms with van der Waals surface area (Å²) in [5.74, 6) is 2.90. The van der Waals surface area contributed by atoms with E-state index in [1.165, 1.54) is 11.8 Å². The van der Waals surface area contributed by atoms with Crippen molar-refractivity contribution in [3.63, 3.8) is 0 Å². The van der Waals surface area contributed by atoms with Crippen molar-refractivity contribution in [3.05, 3.63) is 76.2 Å². The molecule has 0 aromatic heterocycles. The fourth-order valence-corrected chi connectivity index (χ4v) is 3.86. The average Bonchev–Trinajstić information content (AvgIpc) is 3.08. The van der Waals surface area contributed by atoms with E-state index in [1.807, 2.05) is 42.5 Å². The van der Waals surface area contributed by atoms with Crippen LogP contribution in [-0.2, 0) is 4.79 Å². The van der Waals surface area contributed by atoms with Gasteiger partial charge in [0.15, 0.2) is 5.17 Å². The van der Waals surface area contributed by atoms with Crippen LogP contribution in [0.2, 0.25) is 5.02 Å². The van der Waals surface area contributed by atoms with E-state index < -0.39 is 0 Å². The van der Waals surface area contributed by atoms with E-state index in [1.54, 1.807) is 24.3 Å². The number of carbonyl (C=O) groups is 1. The molecule has 1 aliphatic rings. The Balaban J connectivity index is 1.72. The van der Waals surface area contributed by atoms with E-state index in [-0.39, 0.29) is 12.5 Å². The van der Waals surface area contributed by atoms with Crippen LogP contribution in [0.1, 0.15) is 5.56 Å². The van der Waals surface area contributed by atoms with Crippen LogP contribution in [0.25, 0.3) is 16.8 Å². The molecule has 4 nitrogen and oxygen atoms in total. The molecule has 1 N–H and O–H groups in total. The summed E-state index contributed by atoms with van der Waals surface area (Å²) in [5.41, 5.74) is 1.52. The lowest BCUT2D eigenvalue weighted by molar-refractivity contribution is -0.115. The SMILES string of the molecule is C#CCOc1ccc2ccccc2c1/C=C1/SC(=Nc2ccc(Cl)cc2)NC1=O. The van der Waals surface area contributed by atoms with Gasteiger partial charge in [-0.3, -0.25) is 4.79 Å². The van der Waals surface area contributed by atoms with Crippen LogP contribution in [0.4, 0.5) is 5.69 Å². The number of ether oxygens (including phenoxy) is 1. The number of carbonyl (C=O) groups excluding carboxylic acids is 1. The van der Waals surface area contributed by atoms with E-state index >= 15 is 0 Å². The summed E-state index contributed by atoms with van der Waals surface area (Å²) in [5, 5.41) is 5.96. The maximum atomic E-state index is 12.5. The summed E-state index contributed by atoms with van der Waals surface area (Å²) < 4.78 is 5.71.